The Morgan fingerprint density at radius 2 is 1.77 bits per heavy atom. The number of fused-ring (bicyclic) bond motifs is 1. The second-order valence-corrected chi connectivity index (χ2v) is 8.96. The van der Waals surface area contributed by atoms with Crippen LogP contribution in [0.3, 0.4) is 0 Å². The van der Waals surface area contributed by atoms with E-state index in [1.807, 2.05) is 24.3 Å². The summed E-state index contributed by atoms with van der Waals surface area (Å²) in [6.45, 7) is 2.49. The molecular weight excluding hydrogens is 326 g/mol. The third kappa shape index (κ3) is 2.80. The first-order chi connectivity index (χ1) is 12.6. The summed E-state index contributed by atoms with van der Waals surface area (Å²) in [6.07, 6.45) is 11.7. The van der Waals surface area contributed by atoms with Crippen LogP contribution < -0.4 is 14.8 Å². The van der Waals surface area contributed by atoms with Crippen LogP contribution in [0.4, 0.5) is 0 Å². The van der Waals surface area contributed by atoms with Crippen LogP contribution in [0.2, 0.25) is 0 Å². The molecule has 4 saturated carbocycles. The Hall–Kier alpha value is -1.97. The molecule has 26 heavy (non-hydrogen) atoms. The highest BCUT2D eigenvalue weighted by atomic mass is 16.7. The molecule has 1 aromatic rings. The molecule has 0 radical (unpaired) electrons. The number of hydrogen-bond acceptors (Lipinski definition) is 3. The summed E-state index contributed by atoms with van der Waals surface area (Å²) in [4.78, 5) is 12.5. The van der Waals surface area contributed by atoms with E-state index >= 15 is 0 Å². The zero-order valence-corrected chi connectivity index (χ0v) is 15.4. The summed E-state index contributed by atoms with van der Waals surface area (Å²) in [6, 6.07) is 6.00. The Bertz CT molecular complexity index is 718. The molecule has 5 aliphatic rings. The number of hydrogen-bond donors (Lipinski definition) is 1. The predicted octanol–water partition coefficient (Wildman–Crippen LogP) is 4.15. The Morgan fingerprint density at radius 3 is 2.46 bits per heavy atom. The highest BCUT2D eigenvalue weighted by Crippen LogP contribution is 2.61. The lowest BCUT2D eigenvalue weighted by atomic mass is 9.48. The first-order valence-corrected chi connectivity index (χ1v) is 9.98. The first-order valence-electron chi connectivity index (χ1n) is 9.98. The van der Waals surface area contributed by atoms with Crippen molar-refractivity contribution >= 4 is 12.0 Å². The van der Waals surface area contributed by atoms with Crippen LogP contribution >= 0.6 is 0 Å². The number of ether oxygens (including phenoxy) is 2. The maximum Gasteiger partial charge on any atom is 0.244 e. The van der Waals surface area contributed by atoms with Gasteiger partial charge in [-0.1, -0.05) is 6.07 Å². The molecule has 138 valence electrons. The van der Waals surface area contributed by atoms with Gasteiger partial charge in [-0.3, -0.25) is 4.79 Å². The van der Waals surface area contributed by atoms with Gasteiger partial charge in [0.2, 0.25) is 12.7 Å². The van der Waals surface area contributed by atoms with Gasteiger partial charge in [0.25, 0.3) is 0 Å². The average Bonchev–Trinajstić information content (AvgIpc) is 3.06. The molecule has 1 aliphatic heterocycles. The predicted molar refractivity (Wildman–Crippen MR) is 99.8 cm³/mol. The van der Waals surface area contributed by atoms with Crippen LogP contribution in [0.15, 0.2) is 24.3 Å². The Balaban J connectivity index is 1.24. The van der Waals surface area contributed by atoms with Crippen LogP contribution in [0, 0.1) is 23.2 Å². The minimum Gasteiger partial charge on any atom is -0.454 e. The van der Waals surface area contributed by atoms with Crippen molar-refractivity contribution in [3.05, 3.63) is 29.8 Å². The minimum absolute atomic E-state index is 0.00547. The number of amides is 1. The van der Waals surface area contributed by atoms with E-state index in [-0.39, 0.29) is 18.7 Å². The molecule has 0 saturated heterocycles. The van der Waals surface area contributed by atoms with Gasteiger partial charge in [0.05, 0.1) is 0 Å². The maximum atomic E-state index is 12.5. The fraction of sp³-hybridized carbons (Fsp3) is 0.591. The van der Waals surface area contributed by atoms with Crippen molar-refractivity contribution in [2.75, 3.05) is 6.79 Å². The number of carbonyl (C=O) groups is 1. The van der Waals surface area contributed by atoms with Gasteiger partial charge in [0, 0.05) is 12.1 Å². The lowest BCUT2D eigenvalue weighted by Crippen LogP contribution is -2.55. The summed E-state index contributed by atoms with van der Waals surface area (Å²) in [7, 11) is 0. The summed E-state index contributed by atoms with van der Waals surface area (Å²) in [5.74, 6) is 4.24. The van der Waals surface area contributed by atoms with E-state index in [0.29, 0.717) is 5.41 Å². The summed E-state index contributed by atoms with van der Waals surface area (Å²) >= 11 is 0. The lowest BCUT2D eigenvalue weighted by Gasteiger charge is -2.59. The molecule has 0 aromatic heterocycles. The standard InChI is InChI=1S/C22H27NO3/c1-14(22-10-16-6-17(11-22)8-18(7-16)12-22)23-21(24)5-3-15-2-4-19-20(9-15)26-13-25-19/h2-5,9,14,16-18H,6-8,10-13H2,1H3,(H,23,24). The first kappa shape index (κ1) is 16.2. The van der Waals surface area contributed by atoms with Gasteiger partial charge in [0.15, 0.2) is 11.5 Å². The van der Waals surface area contributed by atoms with Crippen LogP contribution in [0.1, 0.15) is 51.0 Å². The molecule has 1 N–H and O–H groups in total. The Kier molecular flexibility index (Phi) is 3.77. The Labute approximate surface area is 154 Å². The van der Waals surface area contributed by atoms with Crippen molar-refractivity contribution in [1.29, 1.82) is 0 Å². The highest BCUT2D eigenvalue weighted by Gasteiger charge is 2.53. The molecule has 1 heterocycles. The monoisotopic (exact) mass is 353 g/mol. The van der Waals surface area contributed by atoms with E-state index in [1.54, 1.807) is 6.08 Å². The quantitative estimate of drug-likeness (QED) is 0.827. The molecule has 6 rings (SSSR count). The van der Waals surface area contributed by atoms with Crippen molar-refractivity contribution < 1.29 is 14.3 Å². The van der Waals surface area contributed by atoms with Gasteiger partial charge < -0.3 is 14.8 Å². The van der Waals surface area contributed by atoms with Crippen LogP contribution in [0.25, 0.3) is 6.08 Å². The zero-order valence-electron chi connectivity index (χ0n) is 15.4. The minimum atomic E-state index is 0.00547. The summed E-state index contributed by atoms with van der Waals surface area (Å²) < 4.78 is 10.7. The Morgan fingerprint density at radius 1 is 1.12 bits per heavy atom. The normalized spacial score (nSPS) is 35.0. The fourth-order valence-electron chi connectivity index (χ4n) is 6.31. The van der Waals surface area contributed by atoms with Gasteiger partial charge in [-0.05, 0) is 92.4 Å². The van der Waals surface area contributed by atoms with Crippen molar-refractivity contribution in [3.8, 4) is 11.5 Å². The van der Waals surface area contributed by atoms with Gasteiger partial charge in [-0.15, -0.1) is 0 Å². The van der Waals surface area contributed by atoms with Gasteiger partial charge in [-0.2, -0.15) is 0 Å². The molecule has 1 unspecified atom stereocenters. The van der Waals surface area contributed by atoms with E-state index < -0.39 is 0 Å². The smallest absolute Gasteiger partial charge is 0.244 e. The molecule has 4 heteroatoms. The molecular formula is C22H27NO3. The molecule has 4 aliphatic carbocycles. The van der Waals surface area contributed by atoms with Gasteiger partial charge in [0.1, 0.15) is 0 Å². The van der Waals surface area contributed by atoms with Crippen LogP contribution in [0.5, 0.6) is 11.5 Å². The highest BCUT2D eigenvalue weighted by molar-refractivity contribution is 5.92. The van der Waals surface area contributed by atoms with Gasteiger partial charge >= 0.3 is 0 Å². The molecule has 4 bridgehead atoms. The molecule has 4 nitrogen and oxygen atoms in total. The number of benzene rings is 1. The second kappa shape index (κ2) is 6.04. The van der Waals surface area contributed by atoms with Gasteiger partial charge in [-0.25, -0.2) is 0 Å². The maximum absolute atomic E-state index is 12.5. The van der Waals surface area contributed by atoms with E-state index in [1.165, 1.54) is 38.5 Å². The van der Waals surface area contributed by atoms with Crippen molar-refractivity contribution in [1.82, 2.24) is 5.32 Å². The van der Waals surface area contributed by atoms with Crippen molar-refractivity contribution in [2.45, 2.75) is 51.5 Å². The molecule has 1 aromatic carbocycles. The third-order valence-electron chi connectivity index (χ3n) is 7.19. The largest absolute Gasteiger partial charge is 0.454 e. The third-order valence-corrected chi connectivity index (χ3v) is 7.19. The lowest BCUT2D eigenvalue weighted by molar-refractivity contribution is -0.121. The van der Waals surface area contributed by atoms with E-state index in [2.05, 4.69) is 12.2 Å². The van der Waals surface area contributed by atoms with E-state index in [9.17, 15) is 4.79 Å². The number of nitrogens with one attached hydrogen (secondary N) is 1. The SMILES string of the molecule is CC(NC(=O)C=Cc1ccc2c(c1)OCO2)C12CC3CC(CC(C3)C1)C2. The fourth-order valence-corrected chi connectivity index (χ4v) is 6.31. The van der Waals surface area contributed by atoms with Crippen molar-refractivity contribution in [2.24, 2.45) is 23.2 Å². The summed E-state index contributed by atoms with van der Waals surface area (Å²) in [5, 5.41) is 3.28. The van der Waals surface area contributed by atoms with Crippen LogP contribution in [-0.4, -0.2) is 18.7 Å². The topological polar surface area (TPSA) is 47.6 Å². The van der Waals surface area contributed by atoms with Crippen molar-refractivity contribution in [3.63, 3.8) is 0 Å². The zero-order chi connectivity index (χ0) is 17.7. The summed E-state index contributed by atoms with van der Waals surface area (Å²) in [5.41, 5.74) is 1.30. The number of rotatable bonds is 4. The van der Waals surface area contributed by atoms with Crippen LogP contribution in [-0.2, 0) is 4.79 Å². The molecule has 1 amide bonds. The van der Waals surface area contributed by atoms with E-state index in [4.69, 9.17) is 9.47 Å². The average molecular weight is 353 g/mol. The second-order valence-electron chi connectivity index (χ2n) is 8.96. The molecule has 4 fully saturated rings. The molecule has 1 atom stereocenters. The number of carbonyl (C=O) groups excluding carboxylic acids is 1. The molecule has 0 spiro atoms. The van der Waals surface area contributed by atoms with E-state index in [0.717, 1.165) is 34.8 Å².